The lowest BCUT2D eigenvalue weighted by molar-refractivity contribution is -0.141. The summed E-state index contributed by atoms with van der Waals surface area (Å²) < 4.78 is 10.6. The molecule has 0 bridgehead atoms. The molecule has 0 saturated carbocycles. The van der Waals surface area contributed by atoms with E-state index in [4.69, 9.17) is 9.26 Å². The molecule has 0 radical (unpaired) electrons. The quantitative estimate of drug-likeness (QED) is 0.844. The van der Waals surface area contributed by atoms with E-state index in [-0.39, 0.29) is 5.92 Å². The Bertz CT molecular complexity index is 503. The molecule has 0 N–H and O–H groups in total. The molecule has 6 heteroatoms. The lowest BCUT2D eigenvalue weighted by Crippen LogP contribution is -2.48. The van der Waals surface area contributed by atoms with Crippen molar-refractivity contribution < 1.29 is 14.1 Å². The minimum atomic E-state index is 0.118. The summed E-state index contributed by atoms with van der Waals surface area (Å²) in [6, 6.07) is 0. The Morgan fingerprint density at radius 2 is 2.05 bits per heavy atom. The molecule has 1 amide bonds. The second-order valence-corrected chi connectivity index (χ2v) is 6.31. The number of aryl methyl sites for hydroxylation is 2. The van der Waals surface area contributed by atoms with Crippen molar-refractivity contribution in [3.8, 4) is 0 Å². The van der Waals surface area contributed by atoms with Crippen LogP contribution in [0.1, 0.15) is 29.9 Å². The minimum Gasteiger partial charge on any atom is -0.378 e. The summed E-state index contributed by atoms with van der Waals surface area (Å²) in [5.74, 6) is 1.30. The average Bonchev–Trinajstić information content (AvgIpc) is 2.87. The fraction of sp³-hybridized carbons (Fsp3) is 0.750. The Labute approximate surface area is 131 Å². The second-order valence-electron chi connectivity index (χ2n) is 6.31. The van der Waals surface area contributed by atoms with Gasteiger partial charge in [0.15, 0.2) is 0 Å². The van der Waals surface area contributed by atoms with Crippen molar-refractivity contribution in [2.24, 2.45) is 5.92 Å². The zero-order chi connectivity index (χ0) is 15.5. The van der Waals surface area contributed by atoms with Gasteiger partial charge in [0.1, 0.15) is 5.76 Å². The molecule has 0 aromatic carbocycles. The van der Waals surface area contributed by atoms with E-state index in [0.29, 0.717) is 19.1 Å². The van der Waals surface area contributed by atoms with Gasteiger partial charge >= 0.3 is 0 Å². The van der Waals surface area contributed by atoms with E-state index >= 15 is 0 Å². The van der Waals surface area contributed by atoms with Gasteiger partial charge in [-0.1, -0.05) is 5.16 Å². The van der Waals surface area contributed by atoms with Crippen molar-refractivity contribution in [1.82, 2.24) is 15.0 Å². The van der Waals surface area contributed by atoms with Crippen LogP contribution in [0, 0.1) is 19.8 Å². The van der Waals surface area contributed by atoms with E-state index in [1.165, 1.54) is 5.56 Å². The van der Waals surface area contributed by atoms with Gasteiger partial charge < -0.3 is 14.2 Å². The zero-order valence-electron chi connectivity index (χ0n) is 13.5. The second kappa shape index (κ2) is 6.79. The molecule has 3 heterocycles. The van der Waals surface area contributed by atoms with Gasteiger partial charge in [-0.3, -0.25) is 9.69 Å². The van der Waals surface area contributed by atoms with Crippen LogP contribution in [0.4, 0.5) is 0 Å². The van der Waals surface area contributed by atoms with Crippen LogP contribution in [0.3, 0.4) is 0 Å². The smallest absolute Gasteiger partial charge is 0.227 e. The number of carbonyl (C=O) groups excluding carboxylic acids is 1. The molecule has 2 saturated heterocycles. The van der Waals surface area contributed by atoms with Gasteiger partial charge in [-0.05, 0) is 33.2 Å². The van der Waals surface area contributed by atoms with Crippen molar-refractivity contribution in [2.45, 2.75) is 33.2 Å². The standard InChI is InChI=1S/C16H25N3O3/c1-12-15(13(2)22-17-12)11-18-5-3-4-14(10-18)16(20)19-6-8-21-9-7-19/h14H,3-11H2,1-2H3. The monoisotopic (exact) mass is 307 g/mol. The highest BCUT2D eigenvalue weighted by Crippen LogP contribution is 2.23. The Morgan fingerprint density at radius 3 is 2.73 bits per heavy atom. The van der Waals surface area contributed by atoms with Crippen LogP contribution in [0.25, 0.3) is 0 Å². The van der Waals surface area contributed by atoms with Gasteiger partial charge in [0, 0.05) is 31.7 Å². The molecule has 1 atom stereocenters. The van der Waals surface area contributed by atoms with E-state index in [0.717, 1.165) is 57.0 Å². The van der Waals surface area contributed by atoms with Crippen LogP contribution in [0.15, 0.2) is 4.52 Å². The number of rotatable bonds is 3. The molecule has 6 nitrogen and oxygen atoms in total. The first-order valence-electron chi connectivity index (χ1n) is 8.16. The fourth-order valence-corrected chi connectivity index (χ4v) is 3.39. The molecule has 1 aromatic heterocycles. The first-order chi connectivity index (χ1) is 10.6. The summed E-state index contributed by atoms with van der Waals surface area (Å²) in [5, 5.41) is 4.02. The number of carbonyl (C=O) groups is 1. The topological polar surface area (TPSA) is 58.8 Å². The molecule has 2 fully saturated rings. The summed E-state index contributed by atoms with van der Waals surface area (Å²) >= 11 is 0. The Hall–Kier alpha value is -1.40. The zero-order valence-corrected chi connectivity index (χ0v) is 13.5. The minimum absolute atomic E-state index is 0.118. The molecule has 22 heavy (non-hydrogen) atoms. The number of morpholine rings is 1. The van der Waals surface area contributed by atoms with Gasteiger partial charge in [0.25, 0.3) is 0 Å². The third-order valence-electron chi connectivity index (χ3n) is 4.74. The van der Waals surface area contributed by atoms with Crippen molar-refractivity contribution in [3.05, 3.63) is 17.0 Å². The number of ether oxygens (including phenoxy) is 1. The van der Waals surface area contributed by atoms with Crippen molar-refractivity contribution in [3.63, 3.8) is 0 Å². The third-order valence-corrected chi connectivity index (χ3v) is 4.74. The van der Waals surface area contributed by atoms with E-state index in [2.05, 4.69) is 10.1 Å². The highest BCUT2D eigenvalue weighted by atomic mass is 16.5. The summed E-state index contributed by atoms with van der Waals surface area (Å²) in [6.07, 6.45) is 2.07. The lowest BCUT2D eigenvalue weighted by Gasteiger charge is -2.36. The maximum absolute atomic E-state index is 12.6. The van der Waals surface area contributed by atoms with Crippen LogP contribution in [-0.2, 0) is 16.1 Å². The number of aromatic nitrogens is 1. The van der Waals surface area contributed by atoms with Crippen LogP contribution < -0.4 is 0 Å². The van der Waals surface area contributed by atoms with Crippen LogP contribution >= 0.6 is 0 Å². The first-order valence-corrected chi connectivity index (χ1v) is 8.16. The summed E-state index contributed by atoms with van der Waals surface area (Å²) in [4.78, 5) is 17.0. The first kappa shape index (κ1) is 15.5. The largest absolute Gasteiger partial charge is 0.378 e. The summed E-state index contributed by atoms with van der Waals surface area (Å²) in [7, 11) is 0. The van der Waals surface area contributed by atoms with Crippen LogP contribution in [0.5, 0.6) is 0 Å². The molecule has 122 valence electrons. The van der Waals surface area contributed by atoms with Gasteiger partial charge in [-0.15, -0.1) is 0 Å². The van der Waals surface area contributed by atoms with Crippen molar-refractivity contribution in [1.29, 1.82) is 0 Å². The molecule has 0 spiro atoms. The van der Waals surface area contributed by atoms with Gasteiger partial charge in [-0.25, -0.2) is 0 Å². The lowest BCUT2D eigenvalue weighted by atomic mass is 9.95. The number of hydrogen-bond donors (Lipinski definition) is 0. The number of amides is 1. The maximum Gasteiger partial charge on any atom is 0.227 e. The number of piperidine rings is 1. The van der Waals surface area contributed by atoms with E-state index < -0.39 is 0 Å². The summed E-state index contributed by atoms with van der Waals surface area (Å²) in [5.41, 5.74) is 2.12. The van der Waals surface area contributed by atoms with Crippen LogP contribution in [0.2, 0.25) is 0 Å². The predicted octanol–water partition coefficient (Wildman–Crippen LogP) is 1.36. The van der Waals surface area contributed by atoms with Crippen molar-refractivity contribution >= 4 is 5.91 Å². The normalized spacial score (nSPS) is 23.7. The molecular formula is C16H25N3O3. The predicted molar refractivity (Wildman–Crippen MR) is 81.4 cm³/mol. The van der Waals surface area contributed by atoms with Crippen molar-refractivity contribution in [2.75, 3.05) is 39.4 Å². The molecular weight excluding hydrogens is 282 g/mol. The SMILES string of the molecule is Cc1noc(C)c1CN1CCCC(C(=O)N2CCOCC2)C1. The number of nitrogens with zero attached hydrogens (tertiary/aromatic N) is 3. The third kappa shape index (κ3) is 3.33. The van der Waals surface area contributed by atoms with Gasteiger partial charge in [0.05, 0.1) is 24.8 Å². The number of hydrogen-bond acceptors (Lipinski definition) is 5. The Morgan fingerprint density at radius 1 is 1.27 bits per heavy atom. The maximum atomic E-state index is 12.6. The molecule has 2 aliphatic heterocycles. The molecule has 2 aliphatic rings. The van der Waals surface area contributed by atoms with E-state index in [1.54, 1.807) is 0 Å². The molecule has 0 aliphatic carbocycles. The van der Waals surface area contributed by atoms with E-state index in [1.807, 2.05) is 18.7 Å². The molecule has 1 unspecified atom stereocenters. The summed E-state index contributed by atoms with van der Waals surface area (Å²) in [6.45, 7) is 9.44. The highest BCUT2D eigenvalue weighted by Gasteiger charge is 2.30. The number of likely N-dealkylation sites (tertiary alicyclic amines) is 1. The Balaban J connectivity index is 1.60. The molecule has 3 rings (SSSR count). The van der Waals surface area contributed by atoms with Crippen LogP contribution in [-0.4, -0.2) is 60.3 Å². The fourth-order valence-electron chi connectivity index (χ4n) is 3.39. The van der Waals surface area contributed by atoms with E-state index in [9.17, 15) is 4.79 Å². The van der Waals surface area contributed by atoms with Gasteiger partial charge in [-0.2, -0.15) is 0 Å². The van der Waals surface area contributed by atoms with Gasteiger partial charge in [0.2, 0.25) is 5.91 Å². The molecule has 1 aromatic rings. The highest BCUT2D eigenvalue weighted by molar-refractivity contribution is 5.79. The Kier molecular flexibility index (Phi) is 4.78. The average molecular weight is 307 g/mol.